The van der Waals surface area contributed by atoms with Crippen LogP contribution in [0.3, 0.4) is 0 Å². The van der Waals surface area contributed by atoms with Crippen molar-refractivity contribution >= 4 is 66.3 Å². The van der Waals surface area contributed by atoms with Crippen molar-refractivity contribution in [2.75, 3.05) is 0 Å². The first-order valence-electron chi connectivity index (χ1n) is 13.0. The van der Waals surface area contributed by atoms with Gasteiger partial charge in [0.05, 0.1) is 11.0 Å². The third-order valence-corrected chi connectivity index (χ3v) is 8.35. The molecular formula is C36H22INO. The average molecular weight is 611 g/mol. The minimum atomic E-state index is 0.925. The van der Waals surface area contributed by atoms with Crippen molar-refractivity contribution in [1.29, 1.82) is 0 Å². The van der Waals surface area contributed by atoms with E-state index in [9.17, 15) is 0 Å². The van der Waals surface area contributed by atoms with Crippen LogP contribution in [0.15, 0.2) is 138 Å². The highest BCUT2D eigenvalue weighted by molar-refractivity contribution is 14.1. The van der Waals surface area contributed by atoms with Crippen molar-refractivity contribution in [1.82, 2.24) is 4.57 Å². The van der Waals surface area contributed by atoms with E-state index in [0.717, 1.165) is 33.1 Å². The molecule has 8 aromatic rings. The van der Waals surface area contributed by atoms with E-state index >= 15 is 0 Å². The van der Waals surface area contributed by atoms with Crippen molar-refractivity contribution in [3.05, 3.63) is 137 Å². The molecule has 0 bridgehead atoms. The van der Waals surface area contributed by atoms with Crippen LogP contribution in [0.2, 0.25) is 0 Å². The minimum absolute atomic E-state index is 0.925. The Bertz CT molecular complexity index is 2170. The van der Waals surface area contributed by atoms with Gasteiger partial charge in [-0.15, -0.1) is 0 Å². The highest BCUT2D eigenvalue weighted by atomic mass is 127. The molecule has 3 heteroatoms. The number of para-hydroxylation sites is 3. The van der Waals surface area contributed by atoms with Gasteiger partial charge in [-0.05, 0) is 87.8 Å². The van der Waals surface area contributed by atoms with E-state index in [1.807, 2.05) is 12.1 Å². The number of hydrogen-bond acceptors (Lipinski definition) is 1. The van der Waals surface area contributed by atoms with Crippen LogP contribution in [0.4, 0.5) is 0 Å². The van der Waals surface area contributed by atoms with Crippen LogP contribution < -0.4 is 0 Å². The quantitative estimate of drug-likeness (QED) is 0.182. The smallest absolute Gasteiger partial charge is 0.143 e. The fourth-order valence-electron chi connectivity index (χ4n) is 5.85. The molecule has 0 aliphatic heterocycles. The van der Waals surface area contributed by atoms with E-state index in [1.54, 1.807) is 0 Å². The number of rotatable bonds is 3. The number of aromatic nitrogens is 1. The third-order valence-electron chi connectivity index (χ3n) is 7.68. The Morgan fingerprint density at radius 1 is 0.487 bits per heavy atom. The Labute approximate surface area is 239 Å². The van der Waals surface area contributed by atoms with E-state index in [1.165, 1.54) is 42.2 Å². The van der Waals surface area contributed by atoms with Crippen LogP contribution >= 0.6 is 22.6 Å². The molecule has 6 aromatic carbocycles. The summed E-state index contributed by atoms with van der Waals surface area (Å²) in [4.78, 5) is 0. The zero-order valence-electron chi connectivity index (χ0n) is 20.9. The summed E-state index contributed by atoms with van der Waals surface area (Å²) < 4.78 is 9.89. The van der Waals surface area contributed by atoms with E-state index < -0.39 is 0 Å². The summed E-state index contributed by atoms with van der Waals surface area (Å²) in [5, 5.41) is 4.85. The molecule has 0 saturated carbocycles. The number of halogens is 1. The fourth-order valence-corrected chi connectivity index (χ4v) is 6.34. The van der Waals surface area contributed by atoms with Crippen molar-refractivity contribution in [3.8, 4) is 27.9 Å². The van der Waals surface area contributed by atoms with Gasteiger partial charge in [-0.1, -0.05) is 84.9 Å². The average Bonchev–Trinajstić information content (AvgIpc) is 3.53. The monoisotopic (exact) mass is 611 g/mol. The second-order valence-electron chi connectivity index (χ2n) is 9.92. The molecule has 8 rings (SSSR count). The lowest BCUT2D eigenvalue weighted by atomic mass is 9.98. The number of fused-ring (bicyclic) bond motifs is 6. The van der Waals surface area contributed by atoms with Crippen molar-refractivity contribution in [3.63, 3.8) is 0 Å². The third kappa shape index (κ3) is 3.61. The van der Waals surface area contributed by atoms with Crippen molar-refractivity contribution in [2.45, 2.75) is 0 Å². The van der Waals surface area contributed by atoms with Gasteiger partial charge < -0.3 is 8.98 Å². The van der Waals surface area contributed by atoms with Crippen LogP contribution in [0.1, 0.15) is 0 Å². The maximum Gasteiger partial charge on any atom is 0.143 e. The number of hydrogen-bond donors (Lipinski definition) is 0. The van der Waals surface area contributed by atoms with E-state index in [4.69, 9.17) is 4.42 Å². The molecule has 0 aliphatic carbocycles. The minimum Gasteiger partial charge on any atom is -0.455 e. The Hall–Kier alpha value is -4.35. The molecule has 184 valence electrons. The molecule has 0 atom stereocenters. The lowest BCUT2D eigenvalue weighted by Gasteiger charge is -2.09. The number of furan rings is 1. The first kappa shape index (κ1) is 22.6. The second-order valence-corrected chi connectivity index (χ2v) is 11.2. The van der Waals surface area contributed by atoms with E-state index in [-0.39, 0.29) is 0 Å². The summed E-state index contributed by atoms with van der Waals surface area (Å²) >= 11 is 2.41. The second kappa shape index (κ2) is 8.85. The molecule has 2 nitrogen and oxygen atoms in total. The maximum atomic E-state index is 6.29. The molecule has 2 aromatic heterocycles. The lowest BCUT2D eigenvalue weighted by Crippen LogP contribution is -1.93. The summed E-state index contributed by atoms with van der Waals surface area (Å²) in [6.07, 6.45) is 0. The molecule has 0 fully saturated rings. The van der Waals surface area contributed by atoms with Gasteiger partial charge in [0.1, 0.15) is 11.2 Å². The number of nitrogens with zero attached hydrogens (tertiary/aromatic N) is 1. The lowest BCUT2D eigenvalue weighted by molar-refractivity contribution is 0.670. The molecule has 0 spiro atoms. The Balaban J connectivity index is 1.25. The zero-order valence-corrected chi connectivity index (χ0v) is 23.1. The van der Waals surface area contributed by atoms with Crippen LogP contribution in [0.25, 0.3) is 71.7 Å². The summed E-state index contributed by atoms with van der Waals surface area (Å²) in [6.45, 7) is 0. The molecule has 0 aliphatic rings. The summed E-state index contributed by atoms with van der Waals surface area (Å²) in [6, 6.07) is 47.6. The van der Waals surface area contributed by atoms with Gasteiger partial charge in [0.25, 0.3) is 0 Å². The summed E-state index contributed by atoms with van der Waals surface area (Å²) in [5.74, 6) is 0. The van der Waals surface area contributed by atoms with Gasteiger partial charge in [-0.3, -0.25) is 0 Å². The topological polar surface area (TPSA) is 18.1 Å². The van der Waals surface area contributed by atoms with Crippen LogP contribution in [0, 0.1) is 3.57 Å². The first-order valence-corrected chi connectivity index (χ1v) is 14.1. The van der Waals surface area contributed by atoms with Gasteiger partial charge in [0.2, 0.25) is 0 Å². The van der Waals surface area contributed by atoms with E-state index in [0.29, 0.717) is 0 Å². The normalized spacial score (nSPS) is 11.7. The van der Waals surface area contributed by atoms with Crippen LogP contribution in [-0.2, 0) is 0 Å². The summed E-state index contributed by atoms with van der Waals surface area (Å²) in [7, 11) is 0. The van der Waals surface area contributed by atoms with Crippen molar-refractivity contribution in [2.24, 2.45) is 0 Å². The number of benzene rings is 6. The van der Waals surface area contributed by atoms with Gasteiger partial charge in [0.15, 0.2) is 0 Å². The first-order chi connectivity index (χ1) is 19.2. The molecular weight excluding hydrogens is 589 g/mol. The largest absolute Gasteiger partial charge is 0.455 e. The SMILES string of the molecule is Ic1ccc2c(c1)c1cc(-c3ccc(-c4cccc5c4oc4ccccc45)cc3)ccc1n2-c1ccccc1. The zero-order chi connectivity index (χ0) is 25.9. The molecule has 0 N–H and O–H groups in total. The predicted octanol–water partition coefficient (Wildman–Crippen LogP) is 10.6. The molecule has 0 unspecified atom stereocenters. The Morgan fingerprint density at radius 2 is 1.15 bits per heavy atom. The maximum absolute atomic E-state index is 6.29. The summed E-state index contributed by atoms with van der Waals surface area (Å²) in [5.41, 5.74) is 10.2. The van der Waals surface area contributed by atoms with Gasteiger partial charge in [0, 0.05) is 36.4 Å². The molecule has 0 saturated heterocycles. The van der Waals surface area contributed by atoms with E-state index in [2.05, 4.69) is 148 Å². The molecule has 39 heavy (non-hydrogen) atoms. The van der Waals surface area contributed by atoms with Gasteiger partial charge in [-0.25, -0.2) is 0 Å². The Morgan fingerprint density at radius 3 is 2.00 bits per heavy atom. The Kier molecular flexibility index (Phi) is 5.13. The predicted molar refractivity (Wildman–Crippen MR) is 172 cm³/mol. The molecule has 0 radical (unpaired) electrons. The van der Waals surface area contributed by atoms with Crippen LogP contribution in [-0.4, -0.2) is 4.57 Å². The van der Waals surface area contributed by atoms with Crippen LogP contribution in [0.5, 0.6) is 0 Å². The standard InChI is InChI=1S/C36H22INO/c37-26-18-20-34-32(22-26)31-21-25(17-19-33(31)38(34)27-7-2-1-3-8-27)23-13-15-24(16-14-23)28-10-6-11-30-29-9-4-5-12-35(29)39-36(28)30/h1-22H. The fraction of sp³-hybridized carbons (Fsp3) is 0. The highest BCUT2D eigenvalue weighted by Crippen LogP contribution is 2.38. The van der Waals surface area contributed by atoms with Gasteiger partial charge in [-0.2, -0.15) is 0 Å². The molecule has 2 heterocycles. The van der Waals surface area contributed by atoms with Gasteiger partial charge >= 0.3 is 0 Å². The van der Waals surface area contributed by atoms with Crippen molar-refractivity contribution < 1.29 is 4.42 Å². The molecule has 0 amide bonds. The highest BCUT2D eigenvalue weighted by Gasteiger charge is 2.15.